The predicted molar refractivity (Wildman–Crippen MR) is 66.8 cm³/mol. The van der Waals surface area contributed by atoms with Crippen LogP contribution in [0, 0.1) is 0 Å². The molecule has 0 radical (unpaired) electrons. The van der Waals surface area contributed by atoms with E-state index < -0.39 is 5.97 Å². The van der Waals surface area contributed by atoms with Crippen LogP contribution in [0.3, 0.4) is 0 Å². The molecule has 1 aromatic carbocycles. The van der Waals surface area contributed by atoms with Gasteiger partial charge >= 0.3 is 5.97 Å². The minimum atomic E-state index is -0.585. The standard InChI is InChI=1S/C13H15NO4/c1-14(2)12(16)9-18-13(17)8-5-10-3-6-11(15)7-4-10/h3-8,15H,9H2,1-2H3. The number of ether oxygens (including phenoxy) is 1. The third kappa shape index (κ3) is 4.69. The quantitative estimate of drug-likeness (QED) is 0.639. The predicted octanol–water partition coefficient (Wildman–Crippen LogP) is 1.04. The third-order valence-corrected chi connectivity index (χ3v) is 2.14. The number of nitrogens with zero attached hydrogens (tertiary/aromatic N) is 1. The lowest BCUT2D eigenvalue weighted by Gasteiger charge is -2.09. The van der Waals surface area contributed by atoms with Crippen molar-refractivity contribution >= 4 is 18.0 Å². The van der Waals surface area contributed by atoms with Gasteiger partial charge in [-0.2, -0.15) is 0 Å². The first-order valence-corrected chi connectivity index (χ1v) is 5.33. The van der Waals surface area contributed by atoms with Gasteiger partial charge in [-0.15, -0.1) is 0 Å². The van der Waals surface area contributed by atoms with Crippen molar-refractivity contribution in [2.75, 3.05) is 20.7 Å². The van der Waals surface area contributed by atoms with Crippen molar-refractivity contribution in [1.29, 1.82) is 0 Å². The van der Waals surface area contributed by atoms with Crippen molar-refractivity contribution in [3.63, 3.8) is 0 Å². The Morgan fingerprint density at radius 3 is 2.44 bits per heavy atom. The van der Waals surface area contributed by atoms with E-state index in [1.54, 1.807) is 32.3 Å². The van der Waals surface area contributed by atoms with E-state index >= 15 is 0 Å². The van der Waals surface area contributed by atoms with Gasteiger partial charge in [-0.25, -0.2) is 4.79 Å². The maximum Gasteiger partial charge on any atom is 0.331 e. The molecule has 1 rings (SSSR count). The molecule has 0 atom stereocenters. The highest BCUT2D eigenvalue weighted by atomic mass is 16.5. The average Bonchev–Trinajstić information content (AvgIpc) is 2.35. The monoisotopic (exact) mass is 249 g/mol. The van der Waals surface area contributed by atoms with Crippen LogP contribution in [0.2, 0.25) is 0 Å². The molecule has 0 aliphatic rings. The molecule has 5 heteroatoms. The molecular formula is C13H15NO4. The van der Waals surface area contributed by atoms with Gasteiger partial charge in [0, 0.05) is 20.2 Å². The lowest BCUT2D eigenvalue weighted by molar-refractivity contribution is -0.146. The largest absolute Gasteiger partial charge is 0.508 e. The molecule has 0 bridgehead atoms. The van der Waals surface area contributed by atoms with Gasteiger partial charge < -0.3 is 14.7 Å². The molecule has 1 N–H and O–H groups in total. The number of carbonyl (C=O) groups is 2. The van der Waals surface area contributed by atoms with Gasteiger partial charge in [0.05, 0.1) is 0 Å². The lowest BCUT2D eigenvalue weighted by atomic mass is 10.2. The summed E-state index contributed by atoms with van der Waals surface area (Å²) in [5.41, 5.74) is 0.753. The van der Waals surface area contributed by atoms with Crippen LogP contribution in [-0.4, -0.2) is 42.6 Å². The first-order chi connectivity index (χ1) is 8.49. The van der Waals surface area contributed by atoms with Crippen molar-refractivity contribution in [3.05, 3.63) is 35.9 Å². The van der Waals surface area contributed by atoms with E-state index in [1.807, 2.05) is 0 Å². The van der Waals surface area contributed by atoms with Crippen LogP contribution in [0.5, 0.6) is 5.75 Å². The topological polar surface area (TPSA) is 66.8 Å². The maximum absolute atomic E-state index is 11.3. The van der Waals surface area contributed by atoms with Crippen LogP contribution in [0.4, 0.5) is 0 Å². The summed E-state index contributed by atoms with van der Waals surface area (Å²) in [5, 5.41) is 9.07. The first-order valence-electron chi connectivity index (χ1n) is 5.33. The summed E-state index contributed by atoms with van der Waals surface area (Å²) in [6, 6.07) is 6.34. The SMILES string of the molecule is CN(C)C(=O)COC(=O)C=Cc1ccc(O)cc1. The van der Waals surface area contributed by atoms with E-state index in [9.17, 15) is 9.59 Å². The van der Waals surface area contributed by atoms with Crippen molar-refractivity contribution < 1.29 is 19.4 Å². The molecule has 0 spiro atoms. The van der Waals surface area contributed by atoms with Gasteiger partial charge in [0.1, 0.15) is 5.75 Å². The fourth-order valence-electron chi connectivity index (χ4n) is 1.06. The van der Waals surface area contributed by atoms with Crippen LogP contribution in [0.25, 0.3) is 6.08 Å². The lowest BCUT2D eigenvalue weighted by Crippen LogP contribution is -2.27. The van der Waals surface area contributed by atoms with Gasteiger partial charge in [-0.3, -0.25) is 4.79 Å². The van der Waals surface area contributed by atoms with E-state index in [2.05, 4.69) is 0 Å². The second-order valence-corrected chi connectivity index (χ2v) is 3.82. The van der Waals surface area contributed by atoms with Crippen molar-refractivity contribution in [1.82, 2.24) is 4.90 Å². The number of rotatable bonds is 4. The number of phenolic OH excluding ortho intramolecular Hbond substituents is 1. The zero-order chi connectivity index (χ0) is 13.5. The highest BCUT2D eigenvalue weighted by Gasteiger charge is 2.06. The third-order valence-electron chi connectivity index (χ3n) is 2.14. The average molecular weight is 249 g/mol. The van der Waals surface area contributed by atoms with E-state index in [0.29, 0.717) is 0 Å². The molecule has 0 unspecified atom stereocenters. The Morgan fingerprint density at radius 2 is 1.89 bits per heavy atom. The van der Waals surface area contributed by atoms with Gasteiger partial charge in [0.25, 0.3) is 5.91 Å². The zero-order valence-electron chi connectivity index (χ0n) is 10.3. The van der Waals surface area contributed by atoms with E-state index in [-0.39, 0.29) is 18.3 Å². The number of carbonyl (C=O) groups excluding carboxylic acids is 2. The Balaban J connectivity index is 2.45. The van der Waals surface area contributed by atoms with Gasteiger partial charge in [-0.1, -0.05) is 12.1 Å². The highest BCUT2D eigenvalue weighted by molar-refractivity contribution is 5.89. The van der Waals surface area contributed by atoms with Gasteiger partial charge in [0.15, 0.2) is 6.61 Å². The Morgan fingerprint density at radius 1 is 1.28 bits per heavy atom. The molecule has 1 aromatic rings. The molecule has 1 amide bonds. The number of amides is 1. The minimum Gasteiger partial charge on any atom is -0.508 e. The second kappa shape index (κ2) is 6.44. The van der Waals surface area contributed by atoms with Gasteiger partial charge in [0.2, 0.25) is 0 Å². The number of hydrogen-bond donors (Lipinski definition) is 1. The number of likely N-dealkylation sites (N-methyl/N-ethyl adjacent to an activating group) is 1. The number of phenols is 1. The van der Waals surface area contributed by atoms with E-state index in [4.69, 9.17) is 9.84 Å². The number of hydrogen-bond acceptors (Lipinski definition) is 4. The molecule has 0 aliphatic carbocycles. The maximum atomic E-state index is 11.3. The summed E-state index contributed by atoms with van der Waals surface area (Å²) in [6.45, 7) is -0.272. The molecule has 96 valence electrons. The van der Waals surface area contributed by atoms with Gasteiger partial charge in [-0.05, 0) is 23.8 Å². The first kappa shape index (κ1) is 13.8. The fourth-order valence-corrected chi connectivity index (χ4v) is 1.06. The Hall–Kier alpha value is -2.30. The summed E-state index contributed by atoms with van der Waals surface area (Å²) < 4.78 is 4.74. The fraction of sp³-hybridized carbons (Fsp3) is 0.231. The van der Waals surface area contributed by atoms with Crippen LogP contribution in [-0.2, 0) is 14.3 Å². The summed E-state index contributed by atoms with van der Waals surface area (Å²) in [5.74, 6) is -0.703. The Kier molecular flexibility index (Phi) is 4.92. The van der Waals surface area contributed by atoms with Crippen molar-refractivity contribution in [3.8, 4) is 5.75 Å². The van der Waals surface area contributed by atoms with Crippen molar-refractivity contribution in [2.45, 2.75) is 0 Å². The van der Waals surface area contributed by atoms with E-state index in [0.717, 1.165) is 5.56 Å². The normalized spacial score (nSPS) is 10.3. The molecule has 0 saturated carbocycles. The Labute approximate surface area is 105 Å². The molecule has 0 fully saturated rings. The molecule has 18 heavy (non-hydrogen) atoms. The number of benzene rings is 1. The van der Waals surface area contributed by atoms with Crippen LogP contribution in [0.1, 0.15) is 5.56 Å². The number of esters is 1. The number of aromatic hydroxyl groups is 1. The van der Waals surface area contributed by atoms with Crippen LogP contribution < -0.4 is 0 Å². The zero-order valence-corrected chi connectivity index (χ0v) is 10.3. The molecule has 5 nitrogen and oxygen atoms in total. The van der Waals surface area contributed by atoms with Crippen LogP contribution in [0.15, 0.2) is 30.3 Å². The summed E-state index contributed by atoms with van der Waals surface area (Å²) in [4.78, 5) is 23.8. The molecule has 0 heterocycles. The molecule has 0 aliphatic heterocycles. The summed E-state index contributed by atoms with van der Waals surface area (Å²) in [7, 11) is 3.17. The molecule has 0 saturated heterocycles. The smallest absolute Gasteiger partial charge is 0.331 e. The molecule has 0 aromatic heterocycles. The second-order valence-electron chi connectivity index (χ2n) is 3.82. The van der Waals surface area contributed by atoms with Crippen LogP contribution >= 0.6 is 0 Å². The van der Waals surface area contributed by atoms with Crippen molar-refractivity contribution in [2.24, 2.45) is 0 Å². The molecular weight excluding hydrogens is 234 g/mol. The summed E-state index contributed by atoms with van der Waals surface area (Å²) >= 11 is 0. The highest BCUT2D eigenvalue weighted by Crippen LogP contribution is 2.10. The van der Waals surface area contributed by atoms with E-state index in [1.165, 1.54) is 23.1 Å². The minimum absolute atomic E-state index is 0.159. The Bertz CT molecular complexity index is 449. The summed E-state index contributed by atoms with van der Waals surface area (Å²) in [6.07, 6.45) is 2.78.